The molecule has 7 N–H and O–H groups in total. The van der Waals surface area contributed by atoms with Gasteiger partial charge in [0.15, 0.2) is 12.6 Å². The third-order valence-electron chi connectivity index (χ3n) is 14.9. The van der Waals surface area contributed by atoms with Crippen molar-refractivity contribution in [2.75, 3.05) is 33.0 Å². The van der Waals surface area contributed by atoms with Gasteiger partial charge in [-0.3, -0.25) is 4.79 Å². The maximum Gasteiger partial charge on any atom is 0.306 e. The summed E-state index contributed by atoms with van der Waals surface area (Å²) in [6.45, 7) is 3.61. The lowest BCUT2D eigenvalue weighted by molar-refractivity contribution is -0.332. The molecule has 2 heterocycles. The number of unbranched alkanes of at least 4 members (excludes halogenated alkanes) is 29. The standard InChI is InChI=1S/C63H114O14/c1-3-5-7-9-11-13-15-17-19-21-23-25-27-29-31-33-35-37-39-41-43-45-47-72-49-52(50-73-62-61(71)59(69)57(67)54(77-62)51-74-63-60(70)58(68)56(66)53(48-64)76-63)75-55(65)46-44-42-40-38-36-34-32-30-28-26-24-22-20-18-16-14-12-10-8-6-4-2/h6,8,12,14,18,20,24,26,52-54,56-64,66-71H,3-5,7,9-11,13,15-17,19,21-23,25,27-51H2,1-2H3/b8-6-,14-12-,20-18-,26-24-. The maximum absolute atomic E-state index is 13.1. The van der Waals surface area contributed by atoms with Crippen LogP contribution in [-0.2, 0) is 33.2 Å². The highest BCUT2D eigenvalue weighted by atomic mass is 16.7. The van der Waals surface area contributed by atoms with Gasteiger partial charge in [-0.1, -0.05) is 236 Å². The van der Waals surface area contributed by atoms with Crippen LogP contribution in [0.25, 0.3) is 0 Å². The topological polar surface area (TPSA) is 214 Å². The van der Waals surface area contributed by atoms with Crippen molar-refractivity contribution < 1.29 is 69.0 Å². The Bertz CT molecular complexity index is 1460. The van der Waals surface area contributed by atoms with Crippen molar-refractivity contribution in [2.24, 2.45) is 0 Å². The summed E-state index contributed by atoms with van der Waals surface area (Å²) in [6.07, 6.45) is 44.6. The van der Waals surface area contributed by atoms with Crippen molar-refractivity contribution >= 4 is 5.97 Å². The van der Waals surface area contributed by atoms with E-state index in [1.165, 1.54) is 148 Å². The van der Waals surface area contributed by atoms with Crippen LogP contribution in [0.5, 0.6) is 0 Å². The molecule has 14 heteroatoms. The predicted octanol–water partition coefficient (Wildman–Crippen LogP) is 11.9. The molecule has 14 nitrogen and oxygen atoms in total. The molecule has 2 fully saturated rings. The Balaban J connectivity index is 1.69. The monoisotopic (exact) mass is 1090 g/mol. The molecular weight excluding hydrogens is 981 g/mol. The number of allylic oxidation sites excluding steroid dienone is 8. The van der Waals surface area contributed by atoms with Crippen LogP contribution in [0.15, 0.2) is 48.6 Å². The van der Waals surface area contributed by atoms with Crippen molar-refractivity contribution in [2.45, 2.75) is 313 Å². The van der Waals surface area contributed by atoms with Crippen LogP contribution >= 0.6 is 0 Å². The zero-order chi connectivity index (χ0) is 55.8. The smallest absolute Gasteiger partial charge is 0.306 e. The molecule has 11 atom stereocenters. The fraction of sp³-hybridized carbons (Fsp3) is 0.857. The van der Waals surface area contributed by atoms with Crippen molar-refractivity contribution in [1.82, 2.24) is 0 Å². The second-order valence-corrected chi connectivity index (χ2v) is 21.9. The van der Waals surface area contributed by atoms with Gasteiger partial charge in [0.25, 0.3) is 0 Å². The highest BCUT2D eigenvalue weighted by Crippen LogP contribution is 2.27. The number of ether oxygens (including phenoxy) is 6. The first-order valence-electron chi connectivity index (χ1n) is 31.2. The van der Waals surface area contributed by atoms with Gasteiger partial charge in [-0.2, -0.15) is 0 Å². The minimum Gasteiger partial charge on any atom is -0.457 e. The van der Waals surface area contributed by atoms with Crippen LogP contribution in [0.2, 0.25) is 0 Å². The van der Waals surface area contributed by atoms with E-state index in [9.17, 15) is 40.5 Å². The Labute approximate surface area is 467 Å². The van der Waals surface area contributed by atoms with Gasteiger partial charge in [-0.05, 0) is 51.4 Å². The van der Waals surface area contributed by atoms with Gasteiger partial charge in [0.2, 0.25) is 0 Å². The van der Waals surface area contributed by atoms with E-state index < -0.39 is 80.7 Å². The largest absolute Gasteiger partial charge is 0.457 e. The second kappa shape index (κ2) is 49.7. The number of hydrogen-bond donors (Lipinski definition) is 7. The number of hydrogen-bond acceptors (Lipinski definition) is 14. The number of aliphatic hydroxyl groups is 7. The van der Waals surface area contributed by atoms with E-state index in [4.69, 9.17) is 28.4 Å². The average molecular weight is 1100 g/mol. The third kappa shape index (κ3) is 36.1. The zero-order valence-electron chi connectivity index (χ0n) is 48.4. The van der Waals surface area contributed by atoms with E-state index in [1.54, 1.807) is 0 Å². The summed E-state index contributed by atoms with van der Waals surface area (Å²) >= 11 is 0. The molecule has 0 radical (unpaired) electrons. The summed E-state index contributed by atoms with van der Waals surface area (Å²) in [4.78, 5) is 13.1. The molecule has 0 aromatic carbocycles. The zero-order valence-corrected chi connectivity index (χ0v) is 48.4. The minimum atomic E-state index is -1.71. The van der Waals surface area contributed by atoms with Crippen LogP contribution < -0.4 is 0 Å². The molecule has 0 bridgehead atoms. The number of carbonyl (C=O) groups excluding carboxylic acids is 1. The molecule has 77 heavy (non-hydrogen) atoms. The molecule has 450 valence electrons. The molecule has 2 aliphatic heterocycles. The lowest BCUT2D eigenvalue weighted by atomic mass is 9.98. The van der Waals surface area contributed by atoms with Crippen LogP contribution in [0.4, 0.5) is 0 Å². The van der Waals surface area contributed by atoms with E-state index in [0.29, 0.717) is 13.0 Å². The van der Waals surface area contributed by atoms with Gasteiger partial charge in [-0.25, -0.2) is 0 Å². The molecule has 2 rings (SSSR count). The molecule has 0 aromatic rings. The van der Waals surface area contributed by atoms with Gasteiger partial charge in [0, 0.05) is 13.0 Å². The number of rotatable bonds is 51. The van der Waals surface area contributed by atoms with Crippen LogP contribution in [0, 0.1) is 0 Å². The Morgan fingerprint density at radius 2 is 0.844 bits per heavy atom. The van der Waals surface area contributed by atoms with E-state index >= 15 is 0 Å². The molecule has 0 amide bonds. The van der Waals surface area contributed by atoms with E-state index in [0.717, 1.165) is 70.6 Å². The average Bonchev–Trinajstić information content (AvgIpc) is 3.43. The molecule has 2 aliphatic rings. The van der Waals surface area contributed by atoms with Crippen molar-refractivity contribution in [1.29, 1.82) is 0 Å². The predicted molar refractivity (Wildman–Crippen MR) is 307 cm³/mol. The normalized spacial score (nSPS) is 24.6. The van der Waals surface area contributed by atoms with Crippen LogP contribution in [0.1, 0.15) is 245 Å². The van der Waals surface area contributed by atoms with Gasteiger partial charge >= 0.3 is 5.97 Å². The second-order valence-electron chi connectivity index (χ2n) is 21.9. The van der Waals surface area contributed by atoms with Gasteiger partial charge < -0.3 is 64.2 Å². The SMILES string of the molecule is CC/C=C\C/C=C\C/C=C\C/C=C\CCCCCCCCCCC(=O)OC(COCCCCCCCCCCCCCCCCCCCCCCCC)COC1OC(COC2OC(CO)C(O)C(O)C2O)C(O)C(O)C1O. The molecule has 0 spiro atoms. The molecule has 2 saturated heterocycles. The van der Waals surface area contributed by atoms with Crippen molar-refractivity contribution in [3.05, 3.63) is 48.6 Å². The molecule has 0 saturated carbocycles. The number of aliphatic hydroxyl groups excluding tert-OH is 7. The molecule has 11 unspecified atom stereocenters. The van der Waals surface area contributed by atoms with Crippen molar-refractivity contribution in [3.63, 3.8) is 0 Å². The van der Waals surface area contributed by atoms with E-state index in [2.05, 4.69) is 62.5 Å². The number of esters is 1. The molecule has 0 aromatic heterocycles. The first-order valence-corrected chi connectivity index (χ1v) is 31.2. The minimum absolute atomic E-state index is 0.0604. The van der Waals surface area contributed by atoms with Crippen LogP contribution in [0.3, 0.4) is 0 Å². The van der Waals surface area contributed by atoms with Gasteiger partial charge in [0.1, 0.15) is 54.9 Å². The lowest BCUT2D eigenvalue weighted by Crippen LogP contribution is -2.61. The fourth-order valence-corrected chi connectivity index (χ4v) is 9.87. The fourth-order valence-electron chi connectivity index (χ4n) is 9.87. The van der Waals surface area contributed by atoms with Gasteiger partial charge in [0.05, 0.1) is 26.4 Å². The highest BCUT2D eigenvalue weighted by molar-refractivity contribution is 5.69. The lowest BCUT2D eigenvalue weighted by Gasteiger charge is -2.42. The Kier molecular flexibility index (Phi) is 45.9. The molecular formula is C63H114O14. The summed E-state index contributed by atoms with van der Waals surface area (Å²) in [5, 5.41) is 72.5. The van der Waals surface area contributed by atoms with E-state index in [1.807, 2.05) is 0 Å². The summed E-state index contributed by atoms with van der Waals surface area (Å²) < 4.78 is 34.5. The Morgan fingerprint density at radius 3 is 1.32 bits per heavy atom. The molecule has 0 aliphatic carbocycles. The van der Waals surface area contributed by atoms with Crippen LogP contribution in [-0.4, -0.2) is 142 Å². The summed E-state index contributed by atoms with van der Waals surface area (Å²) in [6, 6.07) is 0. The van der Waals surface area contributed by atoms with Gasteiger partial charge in [-0.15, -0.1) is 0 Å². The summed E-state index contributed by atoms with van der Waals surface area (Å²) in [7, 11) is 0. The Morgan fingerprint density at radius 1 is 0.442 bits per heavy atom. The quantitative estimate of drug-likeness (QED) is 0.0172. The van der Waals surface area contributed by atoms with E-state index in [-0.39, 0.29) is 25.6 Å². The number of carbonyl (C=O) groups is 1. The maximum atomic E-state index is 13.1. The first-order chi connectivity index (χ1) is 37.6. The highest BCUT2D eigenvalue weighted by Gasteiger charge is 2.47. The summed E-state index contributed by atoms with van der Waals surface area (Å²) in [5.74, 6) is -0.381. The first kappa shape index (κ1) is 71.1. The van der Waals surface area contributed by atoms with Crippen molar-refractivity contribution in [3.8, 4) is 0 Å². The summed E-state index contributed by atoms with van der Waals surface area (Å²) in [5.41, 5.74) is 0. The third-order valence-corrected chi connectivity index (χ3v) is 14.9. The Hall–Kier alpha value is -2.05.